The van der Waals surface area contributed by atoms with Gasteiger partial charge in [-0.2, -0.15) is 0 Å². The third-order valence-electron chi connectivity index (χ3n) is 4.60. The zero-order chi connectivity index (χ0) is 18.0. The Bertz CT molecular complexity index is 750. The average molecular weight is 345 g/mol. The third kappa shape index (κ3) is 4.02. The third-order valence-corrected chi connectivity index (χ3v) is 4.60. The molecule has 0 saturated heterocycles. The van der Waals surface area contributed by atoms with Crippen molar-refractivity contribution in [2.45, 2.75) is 24.9 Å². The lowest BCUT2D eigenvalue weighted by Gasteiger charge is -2.30. The van der Waals surface area contributed by atoms with Crippen molar-refractivity contribution in [3.8, 4) is 0 Å². The first kappa shape index (κ1) is 17.5. The predicted octanol–water partition coefficient (Wildman–Crippen LogP) is 3.00. The van der Waals surface area contributed by atoms with E-state index in [2.05, 4.69) is 4.98 Å². The van der Waals surface area contributed by atoms with E-state index < -0.39 is 17.7 Å². The van der Waals surface area contributed by atoms with Crippen LogP contribution in [0.15, 0.2) is 42.7 Å². The fourth-order valence-electron chi connectivity index (χ4n) is 2.97. The second-order valence-corrected chi connectivity index (χ2v) is 6.51. The summed E-state index contributed by atoms with van der Waals surface area (Å²) < 4.78 is 27.1. The SMILES string of the molecule is CN(CC(=O)N(C)C(c1cccnc1)c1ccc(F)c(F)c1)C1CC1. The molecule has 1 unspecified atom stereocenters. The standard InChI is InChI=1S/C19H21F2N3O/c1-23(15-6-7-15)12-18(25)24(2)19(14-4-3-9-22-11-14)13-5-8-16(20)17(21)10-13/h3-5,8-11,15,19H,6-7,12H2,1-2H3. The molecule has 4 nitrogen and oxygen atoms in total. The number of pyridine rings is 1. The Balaban J connectivity index is 1.90. The summed E-state index contributed by atoms with van der Waals surface area (Å²) in [6.45, 7) is 0.293. The molecule has 25 heavy (non-hydrogen) atoms. The monoisotopic (exact) mass is 345 g/mol. The second kappa shape index (κ2) is 7.27. The van der Waals surface area contributed by atoms with Crippen molar-refractivity contribution in [2.24, 2.45) is 0 Å². The van der Waals surface area contributed by atoms with Crippen molar-refractivity contribution in [1.29, 1.82) is 0 Å². The highest BCUT2D eigenvalue weighted by Gasteiger charge is 2.30. The van der Waals surface area contributed by atoms with Gasteiger partial charge in [0.15, 0.2) is 11.6 Å². The maximum absolute atomic E-state index is 13.7. The number of benzene rings is 1. The van der Waals surface area contributed by atoms with Crippen LogP contribution < -0.4 is 0 Å². The minimum absolute atomic E-state index is 0.0759. The molecule has 0 spiro atoms. The van der Waals surface area contributed by atoms with Crippen LogP contribution >= 0.6 is 0 Å². The molecule has 132 valence electrons. The van der Waals surface area contributed by atoms with E-state index in [-0.39, 0.29) is 5.91 Å². The van der Waals surface area contributed by atoms with Crippen LogP contribution in [0.2, 0.25) is 0 Å². The van der Waals surface area contributed by atoms with Crippen molar-refractivity contribution in [2.75, 3.05) is 20.6 Å². The van der Waals surface area contributed by atoms with Gasteiger partial charge in [0.25, 0.3) is 0 Å². The van der Waals surface area contributed by atoms with Crippen LogP contribution in [0.5, 0.6) is 0 Å². The number of rotatable bonds is 6. The number of halogens is 2. The molecular formula is C19H21F2N3O. The van der Waals surface area contributed by atoms with Gasteiger partial charge in [0.05, 0.1) is 12.6 Å². The van der Waals surface area contributed by atoms with E-state index in [0.29, 0.717) is 18.2 Å². The molecule has 2 aromatic rings. The van der Waals surface area contributed by atoms with Gasteiger partial charge in [0.2, 0.25) is 5.91 Å². The molecule has 6 heteroatoms. The van der Waals surface area contributed by atoms with Gasteiger partial charge in [-0.1, -0.05) is 12.1 Å². The molecule has 0 radical (unpaired) electrons. The van der Waals surface area contributed by atoms with Gasteiger partial charge in [-0.15, -0.1) is 0 Å². The number of carbonyl (C=O) groups is 1. The first-order valence-electron chi connectivity index (χ1n) is 8.28. The number of nitrogens with zero attached hydrogens (tertiary/aromatic N) is 3. The van der Waals surface area contributed by atoms with Crippen LogP contribution in [0.3, 0.4) is 0 Å². The van der Waals surface area contributed by atoms with E-state index in [9.17, 15) is 13.6 Å². The normalized spacial score (nSPS) is 15.2. The number of hydrogen-bond acceptors (Lipinski definition) is 3. The largest absolute Gasteiger partial charge is 0.333 e. The van der Waals surface area contributed by atoms with E-state index in [1.807, 2.05) is 18.0 Å². The maximum Gasteiger partial charge on any atom is 0.237 e. The highest BCUT2D eigenvalue weighted by Crippen LogP contribution is 2.29. The summed E-state index contributed by atoms with van der Waals surface area (Å²) in [5.74, 6) is -1.91. The first-order valence-corrected chi connectivity index (χ1v) is 8.28. The summed E-state index contributed by atoms with van der Waals surface area (Å²) in [6.07, 6.45) is 5.50. The maximum atomic E-state index is 13.7. The molecule has 1 saturated carbocycles. The lowest BCUT2D eigenvalue weighted by molar-refractivity contribution is -0.132. The quantitative estimate of drug-likeness (QED) is 0.808. The molecule has 0 aliphatic heterocycles. The lowest BCUT2D eigenvalue weighted by Crippen LogP contribution is -2.40. The summed E-state index contributed by atoms with van der Waals surface area (Å²) >= 11 is 0. The minimum Gasteiger partial charge on any atom is -0.333 e. The summed E-state index contributed by atoms with van der Waals surface area (Å²) in [5.41, 5.74) is 1.26. The van der Waals surface area contributed by atoms with Gasteiger partial charge in [0.1, 0.15) is 0 Å². The van der Waals surface area contributed by atoms with Crippen LogP contribution in [0.4, 0.5) is 8.78 Å². The molecule has 1 amide bonds. The fraction of sp³-hybridized carbons (Fsp3) is 0.368. The Labute approximate surface area is 146 Å². The molecule has 1 aliphatic rings. The average Bonchev–Trinajstić information content (AvgIpc) is 3.44. The van der Waals surface area contributed by atoms with Crippen LogP contribution in [0, 0.1) is 11.6 Å². The highest BCUT2D eigenvalue weighted by atomic mass is 19.2. The number of amides is 1. The number of hydrogen-bond donors (Lipinski definition) is 0. The van der Waals surface area contributed by atoms with Crippen LogP contribution in [0.1, 0.15) is 30.0 Å². The van der Waals surface area contributed by atoms with Gasteiger partial charge in [0, 0.05) is 25.5 Å². The summed E-state index contributed by atoms with van der Waals surface area (Å²) in [7, 11) is 3.61. The Morgan fingerprint density at radius 1 is 1.20 bits per heavy atom. The lowest BCUT2D eigenvalue weighted by atomic mass is 9.98. The molecule has 3 rings (SSSR count). The molecule has 1 fully saturated rings. The van der Waals surface area contributed by atoms with Crippen LogP contribution in [0.25, 0.3) is 0 Å². The topological polar surface area (TPSA) is 36.4 Å². The van der Waals surface area contributed by atoms with Crippen molar-refractivity contribution in [3.63, 3.8) is 0 Å². The van der Waals surface area contributed by atoms with Gasteiger partial charge in [-0.3, -0.25) is 14.7 Å². The van der Waals surface area contributed by atoms with Gasteiger partial charge in [-0.05, 0) is 49.2 Å². The Hall–Kier alpha value is -2.34. The van der Waals surface area contributed by atoms with E-state index in [0.717, 1.165) is 30.5 Å². The van der Waals surface area contributed by atoms with Crippen LogP contribution in [-0.4, -0.2) is 47.4 Å². The second-order valence-electron chi connectivity index (χ2n) is 6.51. The zero-order valence-corrected chi connectivity index (χ0v) is 14.3. The van der Waals surface area contributed by atoms with Crippen molar-refractivity contribution in [1.82, 2.24) is 14.8 Å². The fourth-order valence-corrected chi connectivity index (χ4v) is 2.97. The molecule has 1 heterocycles. The summed E-state index contributed by atoms with van der Waals surface area (Å²) in [4.78, 5) is 20.4. The van der Waals surface area contributed by atoms with E-state index in [1.54, 1.807) is 30.4 Å². The number of carbonyl (C=O) groups excluding carboxylic acids is 1. The number of aromatic nitrogens is 1. The molecular weight excluding hydrogens is 324 g/mol. The summed E-state index contributed by atoms with van der Waals surface area (Å²) in [5, 5.41) is 0. The van der Waals surface area contributed by atoms with Crippen molar-refractivity contribution < 1.29 is 13.6 Å². The zero-order valence-electron chi connectivity index (χ0n) is 14.3. The first-order chi connectivity index (χ1) is 12.0. The highest BCUT2D eigenvalue weighted by molar-refractivity contribution is 5.79. The Morgan fingerprint density at radius 3 is 2.56 bits per heavy atom. The predicted molar refractivity (Wildman–Crippen MR) is 90.9 cm³/mol. The van der Waals surface area contributed by atoms with E-state index in [4.69, 9.17) is 0 Å². The van der Waals surface area contributed by atoms with Crippen molar-refractivity contribution in [3.05, 3.63) is 65.5 Å². The Morgan fingerprint density at radius 2 is 1.96 bits per heavy atom. The molecule has 1 aliphatic carbocycles. The van der Waals surface area contributed by atoms with Gasteiger partial charge >= 0.3 is 0 Å². The summed E-state index contributed by atoms with van der Waals surface area (Å²) in [6, 6.07) is 7.26. The smallest absolute Gasteiger partial charge is 0.237 e. The minimum atomic E-state index is -0.928. The van der Waals surface area contributed by atoms with Gasteiger partial charge in [-0.25, -0.2) is 8.78 Å². The molecule has 0 bridgehead atoms. The molecule has 1 aromatic carbocycles. The van der Waals surface area contributed by atoms with Gasteiger partial charge < -0.3 is 4.90 Å². The van der Waals surface area contributed by atoms with E-state index >= 15 is 0 Å². The number of likely N-dealkylation sites (N-methyl/N-ethyl adjacent to an activating group) is 2. The van der Waals surface area contributed by atoms with E-state index in [1.165, 1.54) is 6.07 Å². The van der Waals surface area contributed by atoms with Crippen molar-refractivity contribution >= 4 is 5.91 Å². The molecule has 1 atom stereocenters. The van der Waals surface area contributed by atoms with Crippen LogP contribution in [-0.2, 0) is 4.79 Å². The molecule has 0 N–H and O–H groups in total. The molecule has 1 aromatic heterocycles. The Kier molecular flexibility index (Phi) is 5.08.